The molecule has 2 aliphatic heterocycles. The van der Waals surface area contributed by atoms with Gasteiger partial charge in [0, 0.05) is 34.6 Å². The Morgan fingerprint density at radius 1 is 0.830 bits per heavy atom. The Balaban J connectivity index is 1.55. The van der Waals surface area contributed by atoms with E-state index in [1.807, 2.05) is 0 Å². The molecular weight excluding hydrogens is 780 g/mol. The van der Waals surface area contributed by atoms with Crippen molar-refractivity contribution in [2.24, 2.45) is 0 Å². The van der Waals surface area contributed by atoms with E-state index in [1.165, 1.54) is 10.9 Å². The van der Waals surface area contributed by atoms with Crippen LogP contribution in [0.25, 0.3) is 11.2 Å². The molecule has 7 unspecified atom stereocenters. The van der Waals surface area contributed by atoms with Crippen LogP contribution in [0.3, 0.4) is 0 Å². The summed E-state index contributed by atoms with van der Waals surface area (Å²) in [5, 5.41) is 10.8. The number of aromatic nitrogens is 4. The van der Waals surface area contributed by atoms with Crippen molar-refractivity contribution in [3.63, 3.8) is 0 Å². The zero-order valence-electron chi connectivity index (χ0n) is 28.3. The highest BCUT2D eigenvalue weighted by atomic mass is 32.5. The number of esters is 5. The van der Waals surface area contributed by atoms with Crippen LogP contribution >= 0.6 is 14.5 Å². The molecule has 53 heavy (non-hydrogen) atoms. The molecule has 27 heteroatoms. The van der Waals surface area contributed by atoms with Gasteiger partial charge in [-0.2, -0.15) is 0 Å². The molecule has 24 nitrogen and oxygen atoms in total. The Kier molecular flexibility index (Phi) is 13.6. The van der Waals surface area contributed by atoms with E-state index in [0.717, 1.165) is 40.9 Å². The van der Waals surface area contributed by atoms with E-state index < -0.39 is 113 Å². The highest BCUT2D eigenvalue weighted by molar-refractivity contribution is 8.08. The number of hydrogen-bond donors (Lipinski definition) is 4. The maximum atomic E-state index is 13.2. The summed E-state index contributed by atoms with van der Waals surface area (Å²) in [5.74, 6) is -4.50. The minimum atomic E-state index is -5.63. The average molecular weight is 816 g/mol. The van der Waals surface area contributed by atoms with Crippen LogP contribution in [0, 0.1) is 0 Å². The van der Waals surface area contributed by atoms with E-state index in [-0.39, 0.29) is 17.0 Å². The van der Waals surface area contributed by atoms with Crippen LogP contribution in [0.4, 0.5) is 5.82 Å². The number of nitrogens with zero attached hydrogens (tertiary/aromatic N) is 4. The first-order valence-electron chi connectivity index (χ1n) is 15.1. The van der Waals surface area contributed by atoms with E-state index in [2.05, 4.69) is 15.0 Å². The van der Waals surface area contributed by atoms with Crippen LogP contribution in [-0.4, -0.2) is 126 Å². The maximum Gasteiger partial charge on any atom is 0.481 e. The number of nitrogen functional groups attached to an aromatic ring is 1. The average Bonchev–Trinajstić information content (AvgIpc) is 3.59. The minimum Gasteiger partial charge on any atom is -0.463 e. The van der Waals surface area contributed by atoms with Gasteiger partial charge in [-0.15, -0.1) is 0 Å². The predicted octanol–water partition coefficient (Wildman–Crippen LogP) is -0.951. The normalized spacial score (nSPS) is 29.3. The summed E-state index contributed by atoms with van der Waals surface area (Å²) in [5.41, 5.74) is 6.16. The van der Waals surface area contributed by atoms with Crippen molar-refractivity contribution in [3.8, 4) is 0 Å². The van der Waals surface area contributed by atoms with Crippen molar-refractivity contribution >= 4 is 73.2 Å². The first-order valence-corrected chi connectivity index (χ1v) is 19.2. The third-order valence-corrected chi connectivity index (χ3v) is 10.6. The van der Waals surface area contributed by atoms with E-state index in [1.54, 1.807) is 0 Å². The van der Waals surface area contributed by atoms with Gasteiger partial charge in [0.05, 0.1) is 12.9 Å². The van der Waals surface area contributed by atoms with Gasteiger partial charge < -0.3 is 58.3 Å². The Morgan fingerprint density at radius 2 is 1.42 bits per heavy atom. The van der Waals surface area contributed by atoms with Gasteiger partial charge in [-0.05, 0) is 11.8 Å². The van der Waals surface area contributed by atoms with Gasteiger partial charge in [0.25, 0.3) is 0 Å². The number of carbonyl (C=O) groups excluding carboxylic acids is 5. The molecule has 0 amide bonds. The Morgan fingerprint density at radius 3 is 2.02 bits per heavy atom. The zero-order chi connectivity index (χ0) is 39.4. The Hall–Kier alpha value is -3.74. The molecule has 0 saturated carbocycles. The van der Waals surface area contributed by atoms with Gasteiger partial charge in [-0.3, -0.25) is 33.1 Å². The van der Waals surface area contributed by atoms with Gasteiger partial charge in [-0.1, -0.05) is 0 Å². The third-order valence-electron chi connectivity index (χ3n) is 7.07. The van der Waals surface area contributed by atoms with Crippen LogP contribution < -0.4 is 5.73 Å². The highest BCUT2D eigenvalue weighted by Crippen LogP contribution is 2.62. The van der Waals surface area contributed by atoms with Crippen LogP contribution in [0.1, 0.15) is 40.8 Å². The van der Waals surface area contributed by atoms with Gasteiger partial charge in [0.1, 0.15) is 36.8 Å². The molecule has 294 valence electrons. The number of ether oxygens (including phenoxy) is 7. The smallest absolute Gasteiger partial charge is 0.463 e. The molecule has 0 radical (unpaired) electrons. The van der Waals surface area contributed by atoms with Crippen LogP contribution in [0.2, 0.25) is 0 Å². The number of rotatable bonds is 14. The summed E-state index contributed by atoms with van der Waals surface area (Å²) in [6.45, 7) is -1.36. The van der Waals surface area contributed by atoms with Crippen LogP contribution in [0.15, 0.2) is 12.7 Å². The number of aliphatic hydroxyl groups excluding tert-OH is 1. The lowest BCUT2D eigenvalue weighted by Gasteiger charge is -2.42. The summed E-state index contributed by atoms with van der Waals surface area (Å²) >= 11 is 4.92. The molecular formula is C26H35N5O19P2S. The second kappa shape index (κ2) is 17.2. The molecule has 0 aliphatic carbocycles. The lowest BCUT2D eigenvalue weighted by atomic mass is 9.98. The summed E-state index contributed by atoms with van der Waals surface area (Å²) < 4.78 is 66.8. The van der Waals surface area contributed by atoms with E-state index >= 15 is 0 Å². The van der Waals surface area contributed by atoms with Gasteiger partial charge in [-0.25, -0.2) is 23.8 Å². The molecule has 2 saturated heterocycles. The monoisotopic (exact) mass is 815 g/mol. The fraction of sp³-hybridized carbons (Fsp3) is 0.615. The molecule has 11 atom stereocenters. The largest absolute Gasteiger partial charge is 0.481 e. The fourth-order valence-corrected chi connectivity index (χ4v) is 8.30. The molecule has 2 aliphatic rings. The topological polar surface area (TPSA) is 325 Å². The summed E-state index contributed by atoms with van der Waals surface area (Å²) in [6.07, 6.45) is -12.5. The second-order valence-electron chi connectivity index (χ2n) is 11.2. The number of nitrogens with two attached hydrogens (primary N) is 1. The lowest BCUT2D eigenvalue weighted by molar-refractivity contribution is -0.288. The first-order chi connectivity index (χ1) is 24.7. The van der Waals surface area contributed by atoms with E-state index in [0.29, 0.717) is 0 Å². The maximum absolute atomic E-state index is 13.2. The number of aliphatic hydroxyl groups is 1. The SMILES string of the molecule is CC(=O)OCC1O[C@@H](OP(=O)(O)OP(O)(=S)OC[C@H]2O[C@@H](n3cnc4c(N)ncnc43)C(OC(C)=O)C2OC(C)=O)C(OC(C)=O)C(OC(C)=O)[C@@H]1O. The van der Waals surface area contributed by atoms with Gasteiger partial charge in [0.2, 0.25) is 6.29 Å². The van der Waals surface area contributed by atoms with Crippen molar-refractivity contribution in [3.05, 3.63) is 12.7 Å². The number of fused-ring (bicyclic) bond motifs is 1. The number of hydrogen-bond acceptors (Lipinski definition) is 22. The molecule has 4 heterocycles. The second-order valence-corrected chi connectivity index (χ2v) is 15.6. The van der Waals surface area contributed by atoms with Crippen LogP contribution in [-0.2, 0) is 86.9 Å². The molecule has 2 aromatic rings. The standard InChI is InChI=1S/C26H35N5O19P2S/c1-10(32)41-6-15-18(37)20(44-12(3)34)22(46-14(5)36)26(48-15)49-51(38,39)50-52(40,53)42-7-16-19(43-11(2)33)21(45-13(4)35)25(47-16)31-9-30-17-23(27)28-8-29-24(17)31/h8-9,15-16,18-22,25-26,37H,6-7H2,1-5H3,(H,38,39)(H,40,53)(H2,27,28,29)/t15?,16-,18-,19?,20?,21?,22?,25-,26+,52?/m1/s1. The quantitative estimate of drug-likeness (QED) is 0.101. The number of carbonyl (C=O) groups is 5. The number of phosphoric ester groups is 1. The van der Waals surface area contributed by atoms with Crippen molar-refractivity contribution in [2.45, 2.75) is 89.9 Å². The fourth-order valence-electron chi connectivity index (χ4n) is 5.20. The lowest BCUT2D eigenvalue weighted by Crippen LogP contribution is -2.61. The number of imidazole rings is 1. The summed E-state index contributed by atoms with van der Waals surface area (Å²) in [4.78, 5) is 92.9. The summed E-state index contributed by atoms with van der Waals surface area (Å²) in [7, 11) is -5.63. The molecule has 0 bridgehead atoms. The van der Waals surface area contributed by atoms with Crippen molar-refractivity contribution in [2.75, 3.05) is 18.9 Å². The minimum absolute atomic E-state index is 0.0109. The van der Waals surface area contributed by atoms with Gasteiger partial charge in [0.15, 0.2) is 42.1 Å². The Labute approximate surface area is 303 Å². The number of phosphoric acid groups is 1. The van der Waals surface area contributed by atoms with E-state index in [4.69, 9.17) is 64.1 Å². The highest BCUT2D eigenvalue weighted by Gasteiger charge is 2.54. The molecule has 0 aromatic carbocycles. The number of anilines is 1. The third kappa shape index (κ3) is 10.9. The van der Waals surface area contributed by atoms with E-state index in [9.17, 15) is 43.4 Å². The van der Waals surface area contributed by atoms with Crippen LogP contribution in [0.5, 0.6) is 0 Å². The molecule has 2 aromatic heterocycles. The molecule has 0 spiro atoms. The van der Waals surface area contributed by atoms with Crippen molar-refractivity contribution in [1.29, 1.82) is 0 Å². The zero-order valence-corrected chi connectivity index (χ0v) is 30.9. The predicted molar refractivity (Wildman–Crippen MR) is 172 cm³/mol. The molecule has 4 rings (SSSR count). The van der Waals surface area contributed by atoms with Crippen molar-refractivity contribution < 1.29 is 89.9 Å². The van der Waals surface area contributed by atoms with Gasteiger partial charge >= 0.3 is 44.4 Å². The van der Waals surface area contributed by atoms with Crippen molar-refractivity contribution in [1.82, 2.24) is 19.5 Å². The first kappa shape index (κ1) is 42.0. The molecule has 2 fully saturated rings. The summed E-state index contributed by atoms with van der Waals surface area (Å²) in [6, 6.07) is 0. The molecule has 5 N–H and O–H groups in total. The Bertz CT molecular complexity index is 1810.